The predicted octanol–water partition coefficient (Wildman–Crippen LogP) is 3.30. The summed E-state index contributed by atoms with van der Waals surface area (Å²) >= 11 is 1.46. The minimum atomic E-state index is 0.466. The van der Waals surface area contributed by atoms with Gasteiger partial charge in [0.25, 0.3) is 0 Å². The van der Waals surface area contributed by atoms with Crippen LogP contribution in [-0.4, -0.2) is 23.2 Å². The van der Waals surface area contributed by atoms with E-state index in [1.807, 2.05) is 36.4 Å². The van der Waals surface area contributed by atoms with Crippen molar-refractivity contribution < 1.29 is 9.47 Å². The number of fused-ring (bicyclic) bond motifs is 1. The number of benzene rings is 1. The minimum absolute atomic E-state index is 0.466. The number of thiazole rings is 1. The minimum Gasteiger partial charge on any atom is -0.486 e. The summed E-state index contributed by atoms with van der Waals surface area (Å²) in [7, 11) is 0. The van der Waals surface area contributed by atoms with Gasteiger partial charge in [-0.15, -0.1) is 0 Å². The molecule has 3 heterocycles. The van der Waals surface area contributed by atoms with Gasteiger partial charge in [-0.2, -0.15) is 0 Å². The highest BCUT2D eigenvalue weighted by molar-refractivity contribution is 7.19. The van der Waals surface area contributed by atoms with Crippen LogP contribution in [0.1, 0.15) is 0 Å². The molecule has 1 aliphatic heterocycles. The number of nitrogens with two attached hydrogens (primary N) is 1. The number of aromatic nitrogens is 2. The summed E-state index contributed by atoms with van der Waals surface area (Å²) in [4.78, 5) is 9.53. The van der Waals surface area contributed by atoms with Crippen LogP contribution in [-0.2, 0) is 0 Å². The van der Waals surface area contributed by atoms with Crippen molar-refractivity contribution in [2.75, 3.05) is 24.3 Å². The van der Waals surface area contributed by atoms with Gasteiger partial charge in [0.2, 0.25) is 0 Å². The molecule has 0 radical (unpaired) electrons. The number of hydrogen-bond donors (Lipinski definition) is 2. The standard InChI is InChI=1S/C16H14N4O2S/c17-15-14(11-3-1-2-6-18-11)23-16(20-15)19-10-4-5-12-13(9-10)22-8-7-21-12/h1-6,9H,7-8,17H2,(H,19,20). The number of hydrogen-bond acceptors (Lipinski definition) is 7. The summed E-state index contributed by atoms with van der Waals surface area (Å²) in [5.41, 5.74) is 7.70. The zero-order chi connectivity index (χ0) is 15.6. The second kappa shape index (κ2) is 5.77. The highest BCUT2D eigenvalue weighted by Crippen LogP contribution is 2.37. The molecule has 3 N–H and O–H groups in total. The number of nitrogens with zero attached hydrogens (tertiary/aromatic N) is 2. The van der Waals surface area contributed by atoms with Gasteiger partial charge in [0.05, 0.1) is 10.6 Å². The van der Waals surface area contributed by atoms with Crippen molar-refractivity contribution >= 4 is 28.0 Å². The van der Waals surface area contributed by atoms with Crippen molar-refractivity contribution in [2.45, 2.75) is 0 Å². The first kappa shape index (κ1) is 13.8. The number of nitrogen functional groups attached to an aromatic ring is 1. The van der Waals surface area contributed by atoms with E-state index in [2.05, 4.69) is 15.3 Å². The van der Waals surface area contributed by atoms with E-state index in [-0.39, 0.29) is 0 Å². The van der Waals surface area contributed by atoms with Gasteiger partial charge >= 0.3 is 0 Å². The maximum Gasteiger partial charge on any atom is 0.189 e. The van der Waals surface area contributed by atoms with E-state index in [1.165, 1.54) is 11.3 Å². The SMILES string of the molecule is Nc1nc(Nc2ccc3c(c2)OCCO3)sc1-c1ccccn1. The van der Waals surface area contributed by atoms with Gasteiger partial charge in [-0.25, -0.2) is 4.98 Å². The molecule has 0 atom stereocenters. The van der Waals surface area contributed by atoms with Crippen molar-refractivity contribution in [2.24, 2.45) is 0 Å². The Balaban J connectivity index is 1.60. The van der Waals surface area contributed by atoms with E-state index in [4.69, 9.17) is 15.2 Å². The zero-order valence-electron chi connectivity index (χ0n) is 12.2. The van der Waals surface area contributed by atoms with Gasteiger partial charge in [0.1, 0.15) is 19.0 Å². The fourth-order valence-electron chi connectivity index (χ4n) is 2.31. The number of anilines is 3. The Kier molecular flexibility index (Phi) is 3.47. The molecule has 23 heavy (non-hydrogen) atoms. The fraction of sp³-hybridized carbons (Fsp3) is 0.125. The van der Waals surface area contributed by atoms with Crippen molar-refractivity contribution in [1.29, 1.82) is 0 Å². The topological polar surface area (TPSA) is 82.3 Å². The van der Waals surface area contributed by atoms with E-state index < -0.39 is 0 Å². The largest absolute Gasteiger partial charge is 0.486 e. The normalized spacial score (nSPS) is 12.9. The lowest BCUT2D eigenvalue weighted by atomic mass is 10.2. The smallest absolute Gasteiger partial charge is 0.189 e. The summed E-state index contributed by atoms with van der Waals surface area (Å²) in [5.74, 6) is 1.96. The third kappa shape index (κ3) is 2.78. The lowest BCUT2D eigenvalue weighted by Gasteiger charge is -2.18. The quantitative estimate of drug-likeness (QED) is 0.768. The van der Waals surface area contributed by atoms with Crippen LogP contribution in [0.4, 0.5) is 16.6 Å². The Morgan fingerprint density at radius 3 is 2.78 bits per heavy atom. The van der Waals surface area contributed by atoms with Crippen LogP contribution in [0.15, 0.2) is 42.6 Å². The summed E-state index contributed by atoms with van der Waals surface area (Å²) in [5, 5.41) is 3.96. The number of nitrogens with one attached hydrogen (secondary N) is 1. The molecule has 0 unspecified atom stereocenters. The Morgan fingerprint density at radius 2 is 1.96 bits per heavy atom. The van der Waals surface area contributed by atoms with E-state index in [0.29, 0.717) is 24.2 Å². The number of rotatable bonds is 3. The Hall–Kier alpha value is -2.80. The fourth-order valence-corrected chi connectivity index (χ4v) is 3.19. The van der Waals surface area contributed by atoms with Crippen LogP contribution in [0.5, 0.6) is 11.5 Å². The lowest BCUT2D eigenvalue weighted by Crippen LogP contribution is -2.15. The van der Waals surface area contributed by atoms with Crippen LogP contribution in [0.3, 0.4) is 0 Å². The second-order valence-corrected chi connectivity index (χ2v) is 5.93. The van der Waals surface area contributed by atoms with Gasteiger partial charge < -0.3 is 20.5 Å². The molecule has 6 nitrogen and oxygen atoms in total. The van der Waals surface area contributed by atoms with Crippen LogP contribution in [0.2, 0.25) is 0 Å². The van der Waals surface area contributed by atoms with Crippen molar-refractivity contribution in [1.82, 2.24) is 9.97 Å². The molecular weight excluding hydrogens is 312 g/mol. The van der Waals surface area contributed by atoms with E-state index in [0.717, 1.165) is 27.8 Å². The van der Waals surface area contributed by atoms with Crippen LogP contribution >= 0.6 is 11.3 Å². The zero-order valence-corrected chi connectivity index (χ0v) is 13.0. The molecule has 0 aliphatic carbocycles. The van der Waals surface area contributed by atoms with Gasteiger partial charge in [-0.3, -0.25) is 4.98 Å². The molecule has 1 aromatic carbocycles. The molecule has 0 fully saturated rings. The van der Waals surface area contributed by atoms with E-state index >= 15 is 0 Å². The summed E-state index contributed by atoms with van der Waals surface area (Å²) in [6.45, 7) is 1.14. The summed E-state index contributed by atoms with van der Waals surface area (Å²) in [6, 6.07) is 11.4. The van der Waals surface area contributed by atoms with Crippen LogP contribution in [0.25, 0.3) is 10.6 Å². The molecule has 7 heteroatoms. The maximum absolute atomic E-state index is 6.01. The Morgan fingerprint density at radius 1 is 1.09 bits per heavy atom. The van der Waals surface area contributed by atoms with Gasteiger partial charge in [-0.05, 0) is 24.3 Å². The third-order valence-electron chi connectivity index (χ3n) is 3.34. The average Bonchev–Trinajstić information content (AvgIpc) is 2.96. The first-order valence-corrected chi connectivity index (χ1v) is 7.95. The van der Waals surface area contributed by atoms with Crippen molar-refractivity contribution in [3.8, 4) is 22.1 Å². The number of pyridine rings is 1. The molecule has 0 amide bonds. The Bertz CT molecular complexity index is 835. The van der Waals surface area contributed by atoms with Gasteiger partial charge in [0.15, 0.2) is 16.6 Å². The molecule has 3 aromatic rings. The maximum atomic E-state index is 6.01. The number of ether oxygens (including phenoxy) is 2. The molecule has 0 saturated carbocycles. The molecule has 0 bridgehead atoms. The van der Waals surface area contributed by atoms with Gasteiger partial charge in [0, 0.05) is 18.0 Å². The average molecular weight is 326 g/mol. The predicted molar refractivity (Wildman–Crippen MR) is 90.5 cm³/mol. The monoisotopic (exact) mass is 326 g/mol. The molecule has 2 aromatic heterocycles. The molecule has 0 spiro atoms. The van der Waals surface area contributed by atoms with Crippen molar-refractivity contribution in [3.63, 3.8) is 0 Å². The van der Waals surface area contributed by atoms with Crippen LogP contribution < -0.4 is 20.5 Å². The molecule has 116 valence electrons. The van der Waals surface area contributed by atoms with Gasteiger partial charge in [-0.1, -0.05) is 17.4 Å². The van der Waals surface area contributed by atoms with Crippen molar-refractivity contribution in [3.05, 3.63) is 42.6 Å². The molecule has 1 aliphatic rings. The Labute approximate surface area is 136 Å². The highest BCUT2D eigenvalue weighted by atomic mass is 32.1. The first-order chi connectivity index (χ1) is 11.3. The van der Waals surface area contributed by atoms with Crippen LogP contribution in [0, 0.1) is 0 Å². The third-order valence-corrected chi connectivity index (χ3v) is 4.35. The lowest BCUT2D eigenvalue weighted by molar-refractivity contribution is 0.171. The molecule has 0 saturated heterocycles. The summed E-state index contributed by atoms with van der Waals surface area (Å²) in [6.07, 6.45) is 1.74. The first-order valence-electron chi connectivity index (χ1n) is 7.14. The molecule has 4 rings (SSSR count). The summed E-state index contributed by atoms with van der Waals surface area (Å²) < 4.78 is 11.1. The van der Waals surface area contributed by atoms with E-state index in [9.17, 15) is 0 Å². The van der Waals surface area contributed by atoms with E-state index in [1.54, 1.807) is 6.20 Å². The molecular formula is C16H14N4O2S. The highest BCUT2D eigenvalue weighted by Gasteiger charge is 2.14. The second-order valence-electron chi connectivity index (χ2n) is 4.93.